The number of nitrogens with one attached hydrogen (secondary N) is 1. The highest BCUT2D eigenvalue weighted by molar-refractivity contribution is 9.11. The summed E-state index contributed by atoms with van der Waals surface area (Å²) < 4.78 is 5.62. The van der Waals surface area contributed by atoms with E-state index in [1.54, 1.807) is 19.1 Å². The quantitative estimate of drug-likeness (QED) is 0.462. The zero-order valence-corrected chi connectivity index (χ0v) is 14.3. The van der Waals surface area contributed by atoms with Crippen molar-refractivity contribution in [3.8, 4) is 0 Å². The molecule has 0 aliphatic carbocycles. The Balaban J connectivity index is 2.30. The summed E-state index contributed by atoms with van der Waals surface area (Å²) in [5, 5.41) is 13.2. The van der Waals surface area contributed by atoms with Crippen molar-refractivity contribution in [3.05, 3.63) is 42.5 Å². The Morgan fingerprint density at radius 3 is 2.68 bits per heavy atom. The van der Waals surface area contributed by atoms with E-state index < -0.39 is 16.8 Å². The van der Waals surface area contributed by atoms with Crippen LogP contribution < -0.4 is 5.32 Å². The first-order chi connectivity index (χ1) is 10.4. The van der Waals surface area contributed by atoms with Gasteiger partial charge in [-0.2, -0.15) is 0 Å². The second-order valence-corrected chi connectivity index (χ2v) is 7.36. The third-order valence-electron chi connectivity index (χ3n) is 2.42. The molecule has 22 heavy (non-hydrogen) atoms. The Morgan fingerprint density at radius 2 is 2.14 bits per heavy atom. The van der Waals surface area contributed by atoms with E-state index in [2.05, 4.69) is 21.2 Å². The number of amides is 1. The lowest BCUT2D eigenvalue weighted by molar-refractivity contribution is -0.380. The summed E-state index contributed by atoms with van der Waals surface area (Å²) >= 11 is 5.17. The molecule has 0 aliphatic heterocycles. The molecule has 2 aromatic rings. The van der Waals surface area contributed by atoms with Crippen LogP contribution >= 0.6 is 38.6 Å². The maximum absolute atomic E-state index is 12.1. The van der Waals surface area contributed by atoms with Gasteiger partial charge in [0.15, 0.2) is 0 Å². The molecule has 0 radical (unpaired) electrons. The Labute approximate surface area is 141 Å². The molecule has 7 nitrogen and oxygen atoms in total. The highest BCUT2D eigenvalue weighted by Gasteiger charge is 2.24. The molecular formula is C12H9BrN2O5S2. The largest absolute Gasteiger partial charge is 0.462 e. The van der Waals surface area contributed by atoms with Crippen molar-refractivity contribution < 1.29 is 19.2 Å². The third kappa shape index (κ3) is 3.70. The number of nitro groups is 1. The van der Waals surface area contributed by atoms with E-state index >= 15 is 0 Å². The molecule has 10 heteroatoms. The van der Waals surface area contributed by atoms with Gasteiger partial charge in [0.1, 0.15) is 10.6 Å². The van der Waals surface area contributed by atoms with Crippen LogP contribution in [-0.2, 0) is 4.74 Å². The van der Waals surface area contributed by atoms with Crippen LogP contribution in [-0.4, -0.2) is 23.4 Å². The summed E-state index contributed by atoms with van der Waals surface area (Å²) in [6, 6.07) is 4.42. The monoisotopic (exact) mass is 404 g/mol. The second-order valence-electron chi connectivity index (χ2n) is 3.86. The predicted molar refractivity (Wildman–Crippen MR) is 86.9 cm³/mol. The van der Waals surface area contributed by atoms with Crippen LogP contribution in [0.2, 0.25) is 0 Å². The van der Waals surface area contributed by atoms with Crippen LogP contribution in [0.4, 0.5) is 10.0 Å². The second kappa shape index (κ2) is 6.99. The standard InChI is InChI=1S/C12H9BrN2O5S2/c1-2-20-12(17)6-5-9(15(18)19)22-11(6)14-10(16)7-3-4-8(13)21-7/h3-5H,2H2,1H3,(H,14,16). The number of nitrogens with zero attached hydrogens (tertiary/aromatic N) is 1. The third-order valence-corrected chi connectivity index (χ3v) is 5.04. The fraction of sp³-hybridized carbons (Fsp3) is 0.167. The van der Waals surface area contributed by atoms with E-state index in [1.165, 1.54) is 11.3 Å². The van der Waals surface area contributed by atoms with Crippen molar-refractivity contribution in [1.82, 2.24) is 0 Å². The SMILES string of the molecule is CCOC(=O)c1cc([N+](=O)[O-])sc1NC(=O)c1ccc(Br)s1. The van der Waals surface area contributed by atoms with Gasteiger partial charge in [0.05, 0.1) is 20.2 Å². The highest BCUT2D eigenvalue weighted by atomic mass is 79.9. The molecule has 2 rings (SSSR count). The van der Waals surface area contributed by atoms with E-state index in [0.29, 0.717) is 16.2 Å². The van der Waals surface area contributed by atoms with Crippen molar-refractivity contribution in [2.45, 2.75) is 6.92 Å². The van der Waals surface area contributed by atoms with Crippen LogP contribution in [0.1, 0.15) is 27.0 Å². The number of carbonyl (C=O) groups is 2. The van der Waals surface area contributed by atoms with Crippen LogP contribution in [0.15, 0.2) is 22.0 Å². The predicted octanol–water partition coefficient (Wildman–Crippen LogP) is 3.91. The van der Waals surface area contributed by atoms with Crippen molar-refractivity contribution >= 4 is 60.5 Å². The number of carbonyl (C=O) groups excluding carboxylic acids is 2. The lowest BCUT2D eigenvalue weighted by Crippen LogP contribution is -2.13. The Kier molecular flexibility index (Phi) is 5.27. The van der Waals surface area contributed by atoms with E-state index in [0.717, 1.165) is 9.85 Å². The van der Waals surface area contributed by atoms with Crippen LogP contribution in [0.25, 0.3) is 0 Å². The lowest BCUT2D eigenvalue weighted by Gasteiger charge is -2.04. The zero-order chi connectivity index (χ0) is 16.3. The molecule has 0 atom stereocenters. The summed E-state index contributed by atoms with van der Waals surface area (Å²) in [5.41, 5.74) is -0.0254. The first kappa shape index (κ1) is 16.6. The highest BCUT2D eigenvalue weighted by Crippen LogP contribution is 2.35. The van der Waals surface area contributed by atoms with Gasteiger partial charge in [0.2, 0.25) is 0 Å². The smallest absolute Gasteiger partial charge is 0.341 e. The van der Waals surface area contributed by atoms with E-state index in [9.17, 15) is 19.7 Å². The summed E-state index contributed by atoms with van der Waals surface area (Å²) in [5.74, 6) is -1.16. The minimum absolute atomic E-state index is 0.0254. The molecule has 0 aliphatic rings. The number of thiophene rings is 2. The van der Waals surface area contributed by atoms with Crippen molar-refractivity contribution in [1.29, 1.82) is 0 Å². The van der Waals surface area contributed by atoms with E-state index in [4.69, 9.17) is 4.74 Å². The van der Waals surface area contributed by atoms with Gasteiger partial charge in [0.25, 0.3) is 5.91 Å². The van der Waals surface area contributed by atoms with E-state index in [1.807, 2.05) is 0 Å². The maximum atomic E-state index is 12.1. The molecule has 0 fully saturated rings. The van der Waals surface area contributed by atoms with Crippen molar-refractivity contribution in [2.24, 2.45) is 0 Å². The molecular weight excluding hydrogens is 396 g/mol. The van der Waals surface area contributed by atoms with E-state index in [-0.39, 0.29) is 22.2 Å². The van der Waals surface area contributed by atoms with Gasteiger partial charge < -0.3 is 10.1 Å². The minimum Gasteiger partial charge on any atom is -0.462 e. The number of halogens is 1. The summed E-state index contributed by atoms with van der Waals surface area (Å²) in [6.45, 7) is 1.76. The number of esters is 1. The molecule has 0 spiro atoms. The molecule has 0 aromatic carbocycles. The fourth-order valence-electron chi connectivity index (χ4n) is 1.52. The zero-order valence-electron chi connectivity index (χ0n) is 11.1. The maximum Gasteiger partial charge on any atom is 0.341 e. The number of hydrogen-bond acceptors (Lipinski definition) is 7. The van der Waals surface area contributed by atoms with Crippen molar-refractivity contribution in [2.75, 3.05) is 11.9 Å². The molecule has 0 saturated heterocycles. The van der Waals surface area contributed by atoms with Crippen LogP contribution in [0, 0.1) is 10.1 Å². The molecule has 2 heterocycles. The van der Waals surface area contributed by atoms with Gasteiger partial charge in [0, 0.05) is 6.07 Å². The number of rotatable bonds is 5. The summed E-state index contributed by atoms with van der Waals surface area (Å²) in [7, 11) is 0. The van der Waals surface area contributed by atoms with Crippen molar-refractivity contribution in [3.63, 3.8) is 0 Å². The molecule has 2 aromatic heterocycles. The molecule has 116 valence electrons. The molecule has 1 amide bonds. The average Bonchev–Trinajstić information content (AvgIpc) is 3.05. The Morgan fingerprint density at radius 1 is 1.41 bits per heavy atom. The molecule has 0 saturated carbocycles. The first-order valence-electron chi connectivity index (χ1n) is 5.94. The van der Waals surface area contributed by atoms with Crippen LogP contribution in [0.3, 0.4) is 0 Å². The van der Waals surface area contributed by atoms with Gasteiger partial charge in [-0.05, 0) is 46.3 Å². The van der Waals surface area contributed by atoms with Gasteiger partial charge >= 0.3 is 11.0 Å². The normalized spacial score (nSPS) is 10.3. The topological polar surface area (TPSA) is 98.5 Å². The van der Waals surface area contributed by atoms with Crippen LogP contribution in [0.5, 0.6) is 0 Å². The summed E-state index contributed by atoms with van der Waals surface area (Å²) in [4.78, 5) is 34.6. The van der Waals surface area contributed by atoms with Gasteiger partial charge in [-0.3, -0.25) is 14.9 Å². The van der Waals surface area contributed by atoms with Gasteiger partial charge in [-0.25, -0.2) is 4.79 Å². The Hall–Kier alpha value is -1.78. The average molecular weight is 405 g/mol. The molecule has 0 bridgehead atoms. The molecule has 1 N–H and O–H groups in total. The number of ether oxygens (including phenoxy) is 1. The lowest BCUT2D eigenvalue weighted by atomic mass is 10.3. The number of hydrogen-bond donors (Lipinski definition) is 1. The summed E-state index contributed by atoms with van der Waals surface area (Å²) in [6.07, 6.45) is 0. The fourth-order valence-corrected chi connectivity index (χ4v) is 3.66. The van der Waals surface area contributed by atoms with Gasteiger partial charge in [-0.15, -0.1) is 11.3 Å². The molecule has 0 unspecified atom stereocenters. The minimum atomic E-state index is -0.713. The Bertz CT molecular complexity index is 740. The first-order valence-corrected chi connectivity index (χ1v) is 8.37. The van der Waals surface area contributed by atoms with Gasteiger partial charge in [-0.1, -0.05) is 0 Å². The number of anilines is 1.